The highest BCUT2D eigenvalue weighted by Gasteiger charge is 2.65. The van der Waals surface area contributed by atoms with Crippen LogP contribution in [0.2, 0.25) is 10.0 Å². The van der Waals surface area contributed by atoms with Crippen LogP contribution in [-0.2, 0) is 74.8 Å². The fourth-order valence-corrected chi connectivity index (χ4v) is 15.4. The van der Waals surface area contributed by atoms with Gasteiger partial charge in [0.1, 0.15) is 75.9 Å². The first kappa shape index (κ1) is 80.7. The van der Waals surface area contributed by atoms with E-state index in [-0.39, 0.29) is 65.1 Å². The summed E-state index contributed by atoms with van der Waals surface area (Å²) < 4.78 is 52.6. The second kappa shape index (κ2) is 34.1. The molecule has 15 unspecified atom stereocenters. The minimum absolute atomic E-state index is 0.0285. The van der Waals surface area contributed by atoms with Crippen LogP contribution in [0.25, 0.3) is 0 Å². The number of alkyl carbamates (subject to hydrolysis) is 2. The van der Waals surface area contributed by atoms with Gasteiger partial charge in [0.15, 0.2) is 11.4 Å². The van der Waals surface area contributed by atoms with Crippen molar-refractivity contribution in [3.8, 4) is 11.5 Å². The SMILES string of the molecule is COc1cc2cc(c1Cl)N(C)C(=O)CC(OC(=O)C(C)N(C)C(=O)CCSSCCC(=O)N(C)C(C)C(=O)OC1CC(=O)N(C)c3cc(cc(OC)c3Cl)C/C(C)=C/C=C/C(OC)C3(O)CC(OC(=O)N3)C(C)C3OC13C)C(C)(O)CC(C)C1CC(O)(NC(=O)O1)C(OC)/C=C/C=C(\C)C2. The molecule has 8 bridgehead atoms. The summed E-state index contributed by atoms with van der Waals surface area (Å²) >= 11 is 13.7. The van der Waals surface area contributed by atoms with E-state index in [0.717, 1.165) is 22.3 Å². The van der Waals surface area contributed by atoms with Crippen molar-refractivity contribution in [2.45, 2.75) is 191 Å². The van der Waals surface area contributed by atoms with E-state index >= 15 is 0 Å². The molecular weight excluding hydrogens is 1380 g/mol. The molecular formula is C70H96Cl2N6O20S2. The number of fused-ring (bicyclic) bond motifs is 9. The van der Waals surface area contributed by atoms with E-state index in [1.165, 1.54) is 119 Å². The van der Waals surface area contributed by atoms with Crippen LogP contribution in [0.15, 0.2) is 71.9 Å². The molecule has 30 heteroatoms. The number of aliphatic hydroxyl groups is 3. The first-order valence-electron chi connectivity index (χ1n) is 32.9. The fraction of sp³-hybridized carbons (Fsp3) is 0.600. The Labute approximate surface area is 602 Å². The average molecular weight is 1480 g/mol. The highest BCUT2D eigenvalue weighted by atomic mass is 35.5. The Morgan fingerprint density at radius 2 is 1.07 bits per heavy atom. The summed E-state index contributed by atoms with van der Waals surface area (Å²) in [6.45, 7) is 13.2. The predicted octanol–water partition coefficient (Wildman–Crippen LogP) is 8.19. The van der Waals surface area contributed by atoms with Crippen molar-refractivity contribution in [3.05, 3.63) is 93.0 Å². The topological polar surface area (TPSA) is 321 Å². The molecule has 5 heterocycles. The van der Waals surface area contributed by atoms with Crippen molar-refractivity contribution in [1.82, 2.24) is 20.4 Å². The maximum atomic E-state index is 14.5. The van der Waals surface area contributed by atoms with Crippen molar-refractivity contribution in [1.29, 1.82) is 0 Å². The molecule has 0 aliphatic carbocycles. The van der Waals surface area contributed by atoms with Crippen molar-refractivity contribution in [3.63, 3.8) is 0 Å². The van der Waals surface area contributed by atoms with Crippen LogP contribution >= 0.6 is 44.8 Å². The van der Waals surface area contributed by atoms with Gasteiger partial charge in [-0.25, -0.2) is 19.2 Å². The summed E-state index contributed by atoms with van der Waals surface area (Å²) in [5.74, 6) is -3.98. The van der Waals surface area contributed by atoms with Crippen LogP contribution in [-0.4, -0.2) is 218 Å². The lowest BCUT2D eigenvalue weighted by atomic mass is 9.81. The van der Waals surface area contributed by atoms with Crippen molar-refractivity contribution in [2.75, 3.05) is 77.9 Å². The number of benzene rings is 2. The Morgan fingerprint density at radius 3 is 1.50 bits per heavy atom. The van der Waals surface area contributed by atoms with Gasteiger partial charge in [-0.05, 0) is 102 Å². The Hall–Kier alpha value is -6.60. The maximum absolute atomic E-state index is 14.5. The van der Waals surface area contributed by atoms with Crippen LogP contribution in [0, 0.1) is 11.8 Å². The molecule has 5 aliphatic heterocycles. The molecule has 552 valence electrons. The predicted molar refractivity (Wildman–Crippen MR) is 378 cm³/mol. The van der Waals surface area contributed by atoms with Crippen LogP contribution in [0.4, 0.5) is 21.0 Å². The number of allylic oxidation sites excluding steroid dienone is 6. The van der Waals surface area contributed by atoms with E-state index in [0.29, 0.717) is 24.3 Å². The third-order valence-electron chi connectivity index (χ3n) is 19.4. The van der Waals surface area contributed by atoms with Gasteiger partial charge >= 0.3 is 24.1 Å². The van der Waals surface area contributed by atoms with Crippen LogP contribution < -0.4 is 29.9 Å². The first-order chi connectivity index (χ1) is 46.9. The molecule has 5 aliphatic rings. The Balaban J connectivity index is 0.979. The first-order valence-corrected chi connectivity index (χ1v) is 36.2. The summed E-state index contributed by atoms with van der Waals surface area (Å²) in [7, 11) is 14.2. The van der Waals surface area contributed by atoms with E-state index < -0.39 is 150 Å². The standard InChI is InChI=1S/C70H96Cl2N6O20S2/c1-38-19-17-21-52(92-15)69(88)36-50(94-65(85)73-69)40(3)35-67(7,87)54(33-58(81)77(11)46-29-44(27-38)31-48(90-13)60(46)71)96-63(83)42(5)75(9)56(79)23-25-99-100-26-24-57(80)76(10)43(6)64(84)97-55-34-59(82)78(12)47-30-45(32-49(91-14)61(47)72)28-39(2)20-18-22-53(93-16)70(89)37-51(95-66(86)74-70)41(4)62-68(55,8)98-62/h17-22,29-32,40-43,50-55,62,87-89H,23-28,33-37H2,1-16H3,(H,73,85)(H,74,86)/b21-17+,22-18+,38-19+,39-20+. The highest BCUT2D eigenvalue weighted by Crippen LogP contribution is 2.50. The number of carbonyl (C=O) groups excluding carboxylic acids is 8. The second-order valence-corrected chi connectivity index (χ2v) is 30.4. The number of amides is 6. The smallest absolute Gasteiger partial charge is 0.409 e. The number of nitrogens with one attached hydrogen (secondary N) is 2. The van der Waals surface area contributed by atoms with E-state index in [2.05, 4.69) is 10.6 Å². The number of rotatable bonds is 17. The normalized spacial score (nSPS) is 31.5. The second-order valence-electron chi connectivity index (χ2n) is 26.9. The zero-order valence-corrected chi connectivity index (χ0v) is 62.7. The molecule has 0 aromatic heterocycles. The van der Waals surface area contributed by atoms with Crippen molar-refractivity contribution in [2.24, 2.45) is 11.8 Å². The van der Waals surface area contributed by atoms with Crippen molar-refractivity contribution >= 4 is 104 Å². The van der Waals surface area contributed by atoms with E-state index in [9.17, 15) is 53.7 Å². The summed E-state index contributed by atoms with van der Waals surface area (Å²) in [4.78, 5) is 116. The van der Waals surface area contributed by atoms with Crippen molar-refractivity contribution < 1.29 is 96.3 Å². The molecule has 0 radical (unpaired) electrons. The molecule has 15 atom stereocenters. The van der Waals surface area contributed by atoms with Gasteiger partial charge in [0, 0.05) is 85.5 Å². The summed E-state index contributed by atoms with van der Waals surface area (Å²) in [5, 5.41) is 41.5. The number of halogens is 2. The lowest BCUT2D eigenvalue weighted by molar-refractivity contribution is -0.176. The lowest BCUT2D eigenvalue weighted by Gasteiger charge is -2.43. The third-order valence-corrected chi connectivity index (χ3v) is 22.6. The number of anilines is 2. The molecule has 2 aromatic rings. The molecule has 2 aromatic carbocycles. The monoisotopic (exact) mass is 1470 g/mol. The van der Waals surface area contributed by atoms with Crippen LogP contribution in [0.1, 0.15) is 111 Å². The number of carbonyl (C=O) groups is 8. The molecule has 100 heavy (non-hydrogen) atoms. The number of hydrogen-bond donors (Lipinski definition) is 5. The lowest BCUT2D eigenvalue weighted by Crippen LogP contribution is -2.63. The Bertz CT molecular complexity index is 3370. The third kappa shape index (κ3) is 19.4. The van der Waals surface area contributed by atoms with E-state index in [1.807, 2.05) is 26.0 Å². The molecule has 0 spiro atoms. The number of esters is 2. The summed E-state index contributed by atoms with van der Waals surface area (Å²) in [5.41, 5.74) is -3.38. The number of ether oxygens (including phenoxy) is 9. The minimum atomic E-state index is -2.00. The van der Waals surface area contributed by atoms with Gasteiger partial charge < -0.3 is 77.6 Å². The highest BCUT2D eigenvalue weighted by molar-refractivity contribution is 8.76. The van der Waals surface area contributed by atoms with Crippen LogP contribution in [0.5, 0.6) is 11.5 Å². The van der Waals surface area contributed by atoms with Gasteiger partial charge in [0.25, 0.3) is 0 Å². The average Bonchev–Trinajstić information content (AvgIpc) is 1.57. The molecule has 6 amide bonds. The number of methoxy groups -OCH3 is 4. The van der Waals surface area contributed by atoms with Gasteiger partial charge in [-0.3, -0.25) is 29.8 Å². The molecule has 3 fully saturated rings. The minimum Gasteiger partial charge on any atom is -0.495 e. The number of epoxide rings is 1. The summed E-state index contributed by atoms with van der Waals surface area (Å²) in [6, 6.07) is 4.59. The molecule has 5 N–H and O–H groups in total. The zero-order valence-electron chi connectivity index (χ0n) is 59.5. The number of nitrogens with zero attached hydrogens (tertiary/aromatic N) is 4. The Kier molecular flexibility index (Phi) is 27.5. The van der Waals surface area contributed by atoms with Gasteiger partial charge in [-0.2, -0.15) is 0 Å². The Morgan fingerprint density at radius 1 is 0.660 bits per heavy atom. The van der Waals surface area contributed by atoms with Gasteiger partial charge in [-0.1, -0.05) is 106 Å². The molecule has 7 rings (SSSR count). The number of likely N-dealkylation sites (N-methyl/N-ethyl adjacent to an activating group) is 2. The van der Waals surface area contributed by atoms with E-state index in [1.54, 1.807) is 69.3 Å². The summed E-state index contributed by atoms with van der Waals surface area (Å²) in [6.07, 6.45) is 0.0801. The van der Waals surface area contributed by atoms with Gasteiger partial charge in [-0.15, -0.1) is 0 Å². The molecule has 3 saturated heterocycles. The fourth-order valence-electron chi connectivity index (χ4n) is 12.8. The van der Waals surface area contributed by atoms with Gasteiger partial charge in [0.2, 0.25) is 23.6 Å². The zero-order chi connectivity index (χ0) is 74.1. The number of hydrogen-bond acceptors (Lipinski definition) is 22. The largest absolute Gasteiger partial charge is 0.495 e. The molecule has 0 saturated carbocycles. The molecule has 26 nitrogen and oxygen atoms in total. The van der Waals surface area contributed by atoms with E-state index in [4.69, 9.17) is 65.8 Å². The quantitative estimate of drug-likeness (QED) is 0.0327. The van der Waals surface area contributed by atoms with Gasteiger partial charge in [0.05, 0.1) is 50.1 Å². The maximum Gasteiger partial charge on any atom is 0.409 e. The van der Waals surface area contributed by atoms with Crippen LogP contribution in [0.3, 0.4) is 0 Å².